The fraction of sp³-hybridized carbons (Fsp3) is 0.571. The van der Waals surface area contributed by atoms with Gasteiger partial charge in [0.05, 0.1) is 0 Å². The first-order valence-corrected chi connectivity index (χ1v) is 7.69. The van der Waals surface area contributed by atoms with Gasteiger partial charge in [0.25, 0.3) is 0 Å². The van der Waals surface area contributed by atoms with Crippen LogP contribution in [0.3, 0.4) is 0 Å². The Morgan fingerprint density at radius 3 is 3.06 bits per heavy atom. The Kier molecular flexibility index (Phi) is 4.78. The molecule has 0 bridgehead atoms. The van der Waals surface area contributed by atoms with Gasteiger partial charge in [0.1, 0.15) is 0 Å². The van der Waals surface area contributed by atoms with E-state index in [9.17, 15) is 0 Å². The lowest BCUT2D eigenvalue weighted by Gasteiger charge is -2.26. The molecule has 1 atom stereocenters. The first-order chi connectivity index (χ1) is 8.16. The zero-order chi connectivity index (χ0) is 12.3. The number of rotatable bonds is 4. The molecule has 0 aliphatic carbocycles. The highest BCUT2D eigenvalue weighted by molar-refractivity contribution is 7.99. The lowest BCUT2D eigenvalue weighted by molar-refractivity contribution is 0.465. The van der Waals surface area contributed by atoms with Crippen LogP contribution < -0.4 is 5.32 Å². The molecule has 2 rings (SSSR count). The van der Waals surface area contributed by atoms with E-state index in [-0.39, 0.29) is 0 Å². The topological polar surface area (TPSA) is 12.0 Å². The number of hydrogen-bond acceptors (Lipinski definition) is 2. The third kappa shape index (κ3) is 3.64. The largest absolute Gasteiger partial charge is 0.310 e. The lowest BCUT2D eigenvalue weighted by Crippen LogP contribution is -2.26. The third-order valence-corrected chi connectivity index (χ3v) is 4.48. The van der Waals surface area contributed by atoms with E-state index in [0.717, 1.165) is 17.5 Å². The molecule has 1 nitrogen and oxygen atoms in total. The quantitative estimate of drug-likeness (QED) is 0.863. The van der Waals surface area contributed by atoms with E-state index in [0.29, 0.717) is 6.04 Å². The molecule has 1 aliphatic rings. The van der Waals surface area contributed by atoms with Crippen LogP contribution in [-0.4, -0.2) is 12.3 Å². The summed E-state index contributed by atoms with van der Waals surface area (Å²) >= 11 is 8.03. The summed E-state index contributed by atoms with van der Waals surface area (Å²) in [5, 5.41) is 4.51. The molecule has 0 spiro atoms. The van der Waals surface area contributed by atoms with Gasteiger partial charge in [-0.3, -0.25) is 0 Å². The minimum Gasteiger partial charge on any atom is -0.310 e. The van der Waals surface area contributed by atoms with Crippen LogP contribution in [0.4, 0.5) is 0 Å². The summed E-state index contributed by atoms with van der Waals surface area (Å²) in [4.78, 5) is 1.39. The Morgan fingerprint density at radius 2 is 2.29 bits per heavy atom. The number of halogens is 1. The maximum atomic E-state index is 6.09. The first kappa shape index (κ1) is 13.3. The van der Waals surface area contributed by atoms with E-state index in [1.54, 1.807) is 0 Å². The van der Waals surface area contributed by atoms with Crippen molar-refractivity contribution < 1.29 is 0 Å². The number of fused-ring (bicyclic) bond motifs is 1. The minimum absolute atomic E-state index is 0.490. The van der Waals surface area contributed by atoms with Gasteiger partial charge in [-0.15, -0.1) is 11.8 Å². The van der Waals surface area contributed by atoms with Crippen molar-refractivity contribution in [1.82, 2.24) is 5.32 Å². The zero-order valence-corrected chi connectivity index (χ0v) is 12.1. The zero-order valence-electron chi connectivity index (χ0n) is 10.5. The normalized spacial score (nSPS) is 19.4. The number of benzene rings is 1. The summed E-state index contributed by atoms with van der Waals surface area (Å²) in [5.41, 5.74) is 1.39. The van der Waals surface area contributed by atoms with Gasteiger partial charge in [-0.2, -0.15) is 0 Å². The number of thioether (sulfide) groups is 1. The molecule has 1 aromatic carbocycles. The molecule has 0 fully saturated rings. The van der Waals surface area contributed by atoms with Crippen molar-refractivity contribution >= 4 is 23.4 Å². The molecule has 17 heavy (non-hydrogen) atoms. The van der Waals surface area contributed by atoms with Crippen LogP contribution in [-0.2, 0) is 0 Å². The summed E-state index contributed by atoms with van der Waals surface area (Å²) in [6.45, 7) is 5.63. The van der Waals surface area contributed by atoms with Gasteiger partial charge in [0, 0.05) is 16.0 Å². The van der Waals surface area contributed by atoms with E-state index in [2.05, 4.69) is 31.3 Å². The third-order valence-electron chi connectivity index (χ3n) is 3.12. The Balaban J connectivity index is 2.03. The summed E-state index contributed by atoms with van der Waals surface area (Å²) in [6, 6.07) is 6.75. The Hall–Kier alpha value is -0.180. The average Bonchev–Trinajstić information content (AvgIpc) is 2.29. The molecular formula is C14H20ClNS. The predicted octanol–water partition coefficient (Wildman–Crippen LogP) is 4.51. The molecule has 1 heterocycles. The van der Waals surface area contributed by atoms with Crippen LogP contribution in [0, 0.1) is 5.92 Å². The van der Waals surface area contributed by atoms with Crippen molar-refractivity contribution in [2.24, 2.45) is 5.92 Å². The summed E-state index contributed by atoms with van der Waals surface area (Å²) in [6.07, 6.45) is 2.44. The molecule has 1 unspecified atom stereocenters. The van der Waals surface area contributed by atoms with E-state index < -0.39 is 0 Å². The number of nitrogens with one attached hydrogen (secondary N) is 1. The second-order valence-corrected chi connectivity index (χ2v) is 6.58. The highest BCUT2D eigenvalue weighted by Gasteiger charge is 2.20. The SMILES string of the molecule is CC(C)CCNC1CCSc2ccc(Cl)cc21. The molecule has 0 amide bonds. The van der Waals surface area contributed by atoms with E-state index in [1.165, 1.54) is 29.1 Å². The molecular weight excluding hydrogens is 250 g/mol. The molecule has 0 radical (unpaired) electrons. The van der Waals surface area contributed by atoms with Gasteiger partial charge in [-0.1, -0.05) is 25.4 Å². The van der Waals surface area contributed by atoms with Crippen LogP contribution in [0.25, 0.3) is 0 Å². The van der Waals surface area contributed by atoms with Crippen LogP contribution in [0.15, 0.2) is 23.1 Å². The monoisotopic (exact) mass is 269 g/mol. The van der Waals surface area contributed by atoms with Crippen molar-refractivity contribution in [3.63, 3.8) is 0 Å². The van der Waals surface area contributed by atoms with Crippen LogP contribution in [0.2, 0.25) is 5.02 Å². The van der Waals surface area contributed by atoms with Crippen molar-refractivity contribution in [3.05, 3.63) is 28.8 Å². The maximum Gasteiger partial charge on any atom is 0.0410 e. The molecule has 1 aliphatic heterocycles. The molecule has 0 saturated heterocycles. The van der Waals surface area contributed by atoms with Crippen molar-refractivity contribution in [2.45, 2.75) is 37.6 Å². The van der Waals surface area contributed by atoms with Gasteiger partial charge in [0.2, 0.25) is 0 Å². The molecule has 3 heteroatoms. The second-order valence-electron chi connectivity index (χ2n) is 5.01. The molecule has 94 valence electrons. The average molecular weight is 270 g/mol. The van der Waals surface area contributed by atoms with Gasteiger partial charge >= 0.3 is 0 Å². The van der Waals surface area contributed by atoms with Crippen molar-refractivity contribution in [3.8, 4) is 0 Å². The molecule has 0 aromatic heterocycles. The van der Waals surface area contributed by atoms with Crippen molar-refractivity contribution in [1.29, 1.82) is 0 Å². The smallest absolute Gasteiger partial charge is 0.0410 e. The minimum atomic E-state index is 0.490. The van der Waals surface area contributed by atoms with Crippen LogP contribution >= 0.6 is 23.4 Å². The highest BCUT2D eigenvalue weighted by atomic mass is 35.5. The molecule has 1 N–H and O–H groups in total. The van der Waals surface area contributed by atoms with Crippen LogP contribution in [0.5, 0.6) is 0 Å². The van der Waals surface area contributed by atoms with E-state index >= 15 is 0 Å². The maximum absolute atomic E-state index is 6.09. The van der Waals surface area contributed by atoms with Gasteiger partial charge in [-0.25, -0.2) is 0 Å². The highest BCUT2D eigenvalue weighted by Crippen LogP contribution is 2.37. The number of hydrogen-bond donors (Lipinski definition) is 1. The fourth-order valence-electron chi connectivity index (χ4n) is 2.12. The van der Waals surface area contributed by atoms with Crippen molar-refractivity contribution in [2.75, 3.05) is 12.3 Å². The summed E-state index contributed by atoms with van der Waals surface area (Å²) < 4.78 is 0. The fourth-order valence-corrected chi connectivity index (χ4v) is 3.41. The Morgan fingerprint density at radius 1 is 1.47 bits per heavy atom. The van der Waals surface area contributed by atoms with E-state index in [1.807, 2.05) is 17.8 Å². The Bertz CT molecular complexity index is 378. The standard InChI is InChI=1S/C14H20ClNS/c1-10(2)5-7-16-13-6-8-17-14-4-3-11(15)9-12(13)14/h3-4,9-10,13,16H,5-8H2,1-2H3. The first-order valence-electron chi connectivity index (χ1n) is 6.32. The van der Waals surface area contributed by atoms with Gasteiger partial charge < -0.3 is 5.32 Å². The predicted molar refractivity (Wildman–Crippen MR) is 77.0 cm³/mol. The second kappa shape index (κ2) is 6.12. The molecule has 0 saturated carbocycles. The Labute approximate surface area is 113 Å². The van der Waals surface area contributed by atoms with Gasteiger partial charge in [0.15, 0.2) is 0 Å². The van der Waals surface area contributed by atoms with Gasteiger partial charge in [-0.05, 0) is 54.8 Å². The summed E-state index contributed by atoms with van der Waals surface area (Å²) in [7, 11) is 0. The molecule has 1 aromatic rings. The lowest BCUT2D eigenvalue weighted by atomic mass is 10.0. The van der Waals surface area contributed by atoms with E-state index in [4.69, 9.17) is 11.6 Å². The van der Waals surface area contributed by atoms with Crippen LogP contribution in [0.1, 0.15) is 38.3 Å². The summed E-state index contributed by atoms with van der Waals surface area (Å²) in [5.74, 6) is 1.97.